The molecule has 1 amide bonds. The molecular formula is C34H33F3N2O5. The van der Waals surface area contributed by atoms with Crippen molar-refractivity contribution in [2.75, 3.05) is 18.5 Å². The zero-order chi connectivity index (χ0) is 31.7. The van der Waals surface area contributed by atoms with Gasteiger partial charge < -0.3 is 25.2 Å². The van der Waals surface area contributed by atoms with E-state index in [4.69, 9.17) is 9.84 Å². The summed E-state index contributed by atoms with van der Waals surface area (Å²) in [6.45, 7) is 4.23. The lowest BCUT2D eigenvalue weighted by atomic mass is 9.95. The van der Waals surface area contributed by atoms with Crippen molar-refractivity contribution in [3.05, 3.63) is 113 Å². The average molecular weight is 607 g/mol. The molecule has 0 unspecified atom stereocenters. The summed E-state index contributed by atoms with van der Waals surface area (Å²) in [6.07, 6.45) is -4.23. The summed E-state index contributed by atoms with van der Waals surface area (Å²) in [4.78, 5) is 23.0. The van der Waals surface area contributed by atoms with Gasteiger partial charge in [-0.3, -0.25) is 9.59 Å². The van der Waals surface area contributed by atoms with E-state index in [-0.39, 0.29) is 30.7 Å². The fourth-order valence-electron chi connectivity index (χ4n) is 4.87. The van der Waals surface area contributed by atoms with Crippen molar-refractivity contribution in [1.82, 2.24) is 5.32 Å². The van der Waals surface area contributed by atoms with Gasteiger partial charge in [-0.15, -0.1) is 13.2 Å². The first-order valence-electron chi connectivity index (χ1n) is 14.0. The van der Waals surface area contributed by atoms with Crippen LogP contribution in [0.5, 0.6) is 11.5 Å². The van der Waals surface area contributed by atoms with Gasteiger partial charge in [0.1, 0.15) is 18.1 Å². The van der Waals surface area contributed by atoms with Crippen LogP contribution in [0.1, 0.15) is 33.5 Å². The Morgan fingerprint density at radius 1 is 0.864 bits per heavy atom. The number of benzene rings is 4. The number of rotatable bonds is 13. The van der Waals surface area contributed by atoms with Crippen LogP contribution in [0.4, 0.5) is 18.9 Å². The van der Waals surface area contributed by atoms with Crippen LogP contribution < -0.4 is 20.1 Å². The van der Waals surface area contributed by atoms with Gasteiger partial charge in [0.25, 0.3) is 5.91 Å². The third kappa shape index (κ3) is 9.52. The van der Waals surface area contributed by atoms with Crippen LogP contribution in [0.25, 0.3) is 11.1 Å². The first kappa shape index (κ1) is 31.9. The first-order chi connectivity index (χ1) is 21.0. The number of carboxylic acid groups (broad SMARTS) is 1. The van der Waals surface area contributed by atoms with Gasteiger partial charge in [0.2, 0.25) is 0 Å². The average Bonchev–Trinajstić information content (AvgIpc) is 2.96. The lowest BCUT2D eigenvalue weighted by Gasteiger charge is -2.22. The second kappa shape index (κ2) is 14.5. The quantitative estimate of drug-likeness (QED) is 0.149. The van der Waals surface area contributed by atoms with E-state index in [2.05, 4.69) is 15.4 Å². The molecule has 0 aliphatic rings. The van der Waals surface area contributed by atoms with Crippen LogP contribution in [-0.4, -0.2) is 42.5 Å². The zero-order valence-electron chi connectivity index (χ0n) is 24.3. The van der Waals surface area contributed by atoms with Crippen LogP contribution in [0.2, 0.25) is 0 Å². The number of anilines is 1. The Bertz CT molecular complexity index is 1530. The molecule has 0 aliphatic heterocycles. The highest BCUT2D eigenvalue weighted by Crippen LogP contribution is 2.33. The summed E-state index contributed by atoms with van der Waals surface area (Å²) in [6, 6.07) is 26.4. The lowest BCUT2D eigenvalue weighted by Crippen LogP contribution is -2.29. The highest BCUT2D eigenvalue weighted by Gasteiger charge is 2.31. The maximum absolute atomic E-state index is 12.5. The molecule has 1 atom stereocenters. The van der Waals surface area contributed by atoms with E-state index < -0.39 is 12.3 Å². The van der Waals surface area contributed by atoms with E-state index >= 15 is 0 Å². The number of carbonyl (C=O) groups is 2. The fraction of sp³-hybridized carbons (Fsp3) is 0.235. The van der Waals surface area contributed by atoms with Crippen molar-refractivity contribution in [2.24, 2.45) is 0 Å². The lowest BCUT2D eigenvalue weighted by molar-refractivity contribution is -0.274. The van der Waals surface area contributed by atoms with E-state index in [1.807, 2.05) is 56.3 Å². The number of carbonyl (C=O) groups excluding carboxylic acids is 1. The molecule has 0 fully saturated rings. The van der Waals surface area contributed by atoms with Gasteiger partial charge in [0, 0.05) is 17.8 Å². The normalized spacial score (nSPS) is 11.8. The largest absolute Gasteiger partial charge is 0.573 e. The molecule has 7 nitrogen and oxygen atoms in total. The summed E-state index contributed by atoms with van der Waals surface area (Å²) in [5.74, 6) is -0.941. The van der Waals surface area contributed by atoms with E-state index in [0.717, 1.165) is 33.5 Å². The van der Waals surface area contributed by atoms with Crippen LogP contribution in [0, 0.1) is 13.8 Å². The van der Waals surface area contributed by atoms with Gasteiger partial charge in [-0.1, -0.05) is 42.5 Å². The minimum Gasteiger partial charge on any atom is -0.491 e. The molecule has 0 radical (unpaired) electrons. The highest BCUT2D eigenvalue weighted by molar-refractivity contribution is 5.94. The molecule has 0 spiro atoms. The standard InChI is InChI=1S/C34H33F3N2O5/c1-22-18-30(19-23(2)32(22)25-10-14-29(15-11-25)44-34(35,36)37)43-21-28(20-24-6-4-3-5-7-24)39-27-12-8-26(9-13-27)33(42)38-17-16-31(40)41/h3-15,18-19,28,39H,16-17,20-21H2,1-2H3,(H,38,42)(H,40,41)/t28-/m1/s1. The maximum Gasteiger partial charge on any atom is 0.573 e. The van der Waals surface area contributed by atoms with Crippen LogP contribution >= 0.6 is 0 Å². The molecule has 4 rings (SSSR count). The number of ether oxygens (including phenoxy) is 2. The summed E-state index contributed by atoms with van der Waals surface area (Å²) >= 11 is 0. The molecule has 0 heterocycles. The van der Waals surface area contributed by atoms with E-state index in [0.29, 0.717) is 24.3 Å². The molecule has 0 saturated carbocycles. The van der Waals surface area contributed by atoms with Crippen molar-refractivity contribution in [1.29, 1.82) is 0 Å². The van der Waals surface area contributed by atoms with E-state index in [1.54, 1.807) is 36.4 Å². The number of halogens is 3. The molecule has 4 aromatic rings. The molecule has 0 aliphatic carbocycles. The minimum absolute atomic E-state index is 0.0494. The Hall–Kier alpha value is -4.99. The predicted octanol–water partition coefficient (Wildman–Crippen LogP) is 7.18. The molecule has 4 aromatic carbocycles. The third-order valence-corrected chi connectivity index (χ3v) is 6.80. The van der Waals surface area contributed by atoms with Crippen molar-refractivity contribution in [3.63, 3.8) is 0 Å². The van der Waals surface area contributed by atoms with Crippen LogP contribution in [0.3, 0.4) is 0 Å². The molecular weight excluding hydrogens is 573 g/mol. The number of hydrogen-bond acceptors (Lipinski definition) is 5. The fourth-order valence-corrected chi connectivity index (χ4v) is 4.87. The monoisotopic (exact) mass is 606 g/mol. The van der Waals surface area contributed by atoms with Gasteiger partial charge >= 0.3 is 12.3 Å². The summed E-state index contributed by atoms with van der Waals surface area (Å²) in [7, 11) is 0. The number of alkyl halides is 3. The van der Waals surface area contributed by atoms with E-state index in [1.165, 1.54) is 12.1 Å². The summed E-state index contributed by atoms with van der Waals surface area (Å²) in [5.41, 5.74) is 5.82. The number of carboxylic acids is 1. The Morgan fingerprint density at radius 2 is 1.50 bits per heavy atom. The second-order valence-electron chi connectivity index (χ2n) is 10.3. The molecule has 0 saturated heterocycles. The first-order valence-corrected chi connectivity index (χ1v) is 14.0. The molecule has 3 N–H and O–H groups in total. The Labute approximate surface area is 253 Å². The van der Waals surface area contributed by atoms with Gasteiger partial charge in [-0.05, 0) is 96.6 Å². The summed E-state index contributed by atoms with van der Waals surface area (Å²) < 4.78 is 47.9. The van der Waals surface area contributed by atoms with Crippen molar-refractivity contribution < 1.29 is 37.3 Å². The second-order valence-corrected chi connectivity index (χ2v) is 10.3. The number of nitrogens with one attached hydrogen (secondary N) is 2. The maximum atomic E-state index is 12.5. The van der Waals surface area contributed by atoms with Gasteiger partial charge in [0.15, 0.2) is 0 Å². The Balaban J connectivity index is 1.45. The number of hydrogen-bond donors (Lipinski definition) is 3. The van der Waals surface area contributed by atoms with Gasteiger partial charge in [0.05, 0.1) is 12.5 Å². The Morgan fingerprint density at radius 3 is 2.09 bits per heavy atom. The zero-order valence-corrected chi connectivity index (χ0v) is 24.3. The van der Waals surface area contributed by atoms with Crippen LogP contribution in [0.15, 0.2) is 91.0 Å². The number of aliphatic carboxylic acids is 1. The SMILES string of the molecule is Cc1cc(OC[C@@H](Cc2ccccc2)Nc2ccc(C(=O)NCCC(=O)O)cc2)cc(C)c1-c1ccc(OC(F)(F)F)cc1. The number of aryl methyl sites for hydroxylation is 2. The van der Waals surface area contributed by atoms with Crippen molar-refractivity contribution >= 4 is 17.6 Å². The minimum atomic E-state index is -4.75. The van der Waals surface area contributed by atoms with E-state index in [9.17, 15) is 22.8 Å². The predicted molar refractivity (Wildman–Crippen MR) is 162 cm³/mol. The third-order valence-electron chi connectivity index (χ3n) is 6.80. The summed E-state index contributed by atoms with van der Waals surface area (Å²) in [5, 5.41) is 14.8. The molecule has 230 valence electrons. The number of amides is 1. The van der Waals surface area contributed by atoms with Gasteiger partial charge in [-0.25, -0.2) is 0 Å². The Kier molecular flexibility index (Phi) is 10.5. The molecule has 10 heteroatoms. The van der Waals surface area contributed by atoms with Crippen molar-refractivity contribution in [3.8, 4) is 22.6 Å². The molecule has 44 heavy (non-hydrogen) atoms. The van der Waals surface area contributed by atoms with Crippen molar-refractivity contribution in [2.45, 2.75) is 39.1 Å². The topological polar surface area (TPSA) is 96.9 Å². The van der Waals surface area contributed by atoms with Gasteiger partial charge in [-0.2, -0.15) is 0 Å². The molecule has 0 aromatic heterocycles. The highest BCUT2D eigenvalue weighted by atomic mass is 19.4. The molecule has 0 bridgehead atoms. The smallest absolute Gasteiger partial charge is 0.491 e. The van der Waals surface area contributed by atoms with Crippen LogP contribution in [-0.2, 0) is 11.2 Å².